The number of anilines is 1. The molecule has 3 rings (SSSR count). The summed E-state index contributed by atoms with van der Waals surface area (Å²) in [6.45, 7) is 2.48. The van der Waals surface area contributed by atoms with Crippen molar-refractivity contribution in [2.45, 2.75) is 38.0 Å². The van der Waals surface area contributed by atoms with Crippen LogP contribution >= 0.6 is 19.4 Å². The van der Waals surface area contributed by atoms with E-state index in [2.05, 4.69) is 9.72 Å². The van der Waals surface area contributed by atoms with Gasteiger partial charge < -0.3 is 19.9 Å². The van der Waals surface area contributed by atoms with Gasteiger partial charge in [0.05, 0.1) is 19.1 Å². The topological polar surface area (TPSA) is 150 Å². The summed E-state index contributed by atoms with van der Waals surface area (Å²) >= 11 is 5.96. The van der Waals surface area contributed by atoms with Gasteiger partial charge in [0.15, 0.2) is 12.4 Å². The Kier molecular flexibility index (Phi) is 7.24. The first kappa shape index (κ1) is 23.9. The van der Waals surface area contributed by atoms with E-state index < -0.39 is 57.2 Å². The lowest BCUT2D eigenvalue weighted by atomic mass is 9.99. The molecule has 0 aromatic carbocycles. The molecule has 0 bridgehead atoms. The van der Waals surface area contributed by atoms with E-state index in [-0.39, 0.29) is 24.2 Å². The number of carbonyl (C=O) groups is 1. The lowest BCUT2D eigenvalue weighted by molar-refractivity contribution is -0.139. The van der Waals surface area contributed by atoms with Crippen molar-refractivity contribution in [1.29, 1.82) is 0 Å². The molecule has 1 aromatic heterocycles. The first-order chi connectivity index (χ1) is 14.6. The third kappa shape index (κ3) is 5.18. The summed E-state index contributed by atoms with van der Waals surface area (Å²) in [5.41, 5.74) is 3.03. The van der Waals surface area contributed by atoms with Crippen LogP contribution in [0.15, 0.2) is 17.1 Å². The van der Waals surface area contributed by atoms with Gasteiger partial charge in [0.2, 0.25) is 6.79 Å². The highest BCUT2D eigenvalue weighted by Crippen LogP contribution is 2.60. The Morgan fingerprint density at radius 2 is 2.26 bits per heavy atom. The quantitative estimate of drug-likeness (QED) is 0.261. The second-order valence-electron chi connectivity index (χ2n) is 7.29. The second kappa shape index (κ2) is 9.39. The van der Waals surface area contributed by atoms with E-state index >= 15 is 4.39 Å². The number of nitrogens with two attached hydrogens (primary N) is 1. The number of rotatable bonds is 7. The van der Waals surface area contributed by atoms with E-state index in [9.17, 15) is 14.2 Å². The number of fused-ring (bicyclic) bond motifs is 1. The van der Waals surface area contributed by atoms with Crippen LogP contribution in [0.1, 0.15) is 20.1 Å². The first-order valence-electron chi connectivity index (χ1n) is 9.19. The maximum Gasteiger partial charge on any atom is 0.510 e. The van der Waals surface area contributed by atoms with Gasteiger partial charge in [0, 0.05) is 6.20 Å². The number of nitrogens with zero attached hydrogens (tertiary/aromatic N) is 2. The average Bonchev–Trinajstić information content (AvgIpc) is 2.99. The molecule has 31 heavy (non-hydrogen) atoms. The molecule has 2 fully saturated rings. The molecule has 1 aromatic rings. The molecule has 0 saturated carbocycles. The standard InChI is InChI=1S/C16H22ClFN3O9P/c1-9(2)5-25-15(23)26-8-28-31(24)27-7-16(6-17)12(30-31)11(18)13(29-16)21-4-3-10(19)20-14(21)22/h3-4,9,11-13H,5-8H2,1-2H3,(H2,19,20,22)/t11-,12-,13+,16+,31?/m0/s1. The van der Waals surface area contributed by atoms with E-state index in [0.717, 1.165) is 4.57 Å². The Morgan fingerprint density at radius 3 is 2.90 bits per heavy atom. The molecule has 2 aliphatic rings. The Bertz CT molecular complexity index is 919. The molecule has 2 N–H and O–H groups in total. The molecule has 3 heterocycles. The van der Waals surface area contributed by atoms with Gasteiger partial charge in [-0.2, -0.15) is 4.98 Å². The van der Waals surface area contributed by atoms with Crippen LogP contribution in [0.4, 0.5) is 15.0 Å². The van der Waals surface area contributed by atoms with Gasteiger partial charge in [0.1, 0.15) is 17.5 Å². The summed E-state index contributed by atoms with van der Waals surface area (Å²) in [5, 5.41) is 0. The lowest BCUT2D eigenvalue weighted by Gasteiger charge is -2.38. The molecular formula is C16H22ClFN3O9P. The largest absolute Gasteiger partial charge is 0.510 e. The predicted octanol–water partition coefficient (Wildman–Crippen LogP) is 1.98. The fourth-order valence-electron chi connectivity index (χ4n) is 2.90. The molecule has 0 radical (unpaired) electrons. The SMILES string of the molecule is CC(C)COC(=O)OCOP1(=O)OC[C@@]2(CCl)O[C@@H](n3ccc(N)nc3=O)[C@@H](F)[C@@H]2O1. The minimum absolute atomic E-state index is 0.0523. The normalized spacial score (nSPS) is 32.6. The number of phosphoric ester groups is 1. The van der Waals surface area contributed by atoms with Crippen LogP contribution < -0.4 is 11.4 Å². The lowest BCUT2D eigenvalue weighted by Crippen LogP contribution is -2.51. The van der Waals surface area contributed by atoms with Crippen LogP contribution in [-0.4, -0.2) is 59.5 Å². The maximum atomic E-state index is 15.2. The summed E-state index contributed by atoms with van der Waals surface area (Å²) in [6, 6.07) is 1.29. The molecule has 12 nitrogen and oxygen atoms in total. The first-order valence-corrected chi connectivity index (χ1v) is 11.2. The van der Waals surface area contributed by atoms with Gasteiger partial charge in [-0.3, -0.25) is 13.6 Å². The Labute approximate surface area is 181 Å². The van der Waals surface area contributed by atoms with E-state index in [1.807, 2.05) is 13.8 Å². The number of phosphoric acid groups is 1. The third-order valence-corrected chi connectivity index (χ3v) is 6.22. The van der Waals surface area contributed by atoms with Crippen molar-refractivity contribution in [2.24, 2.45) is 5.92 Å². The smallest absolute Gasteiger partial charge is 0.434 e. The Morgan fingerprint density at radius 1 is 1.52 bits per heavy atom. The summed E-state index contributed by atoms with van der Waals surface area (Å²) in [6.07, 6.45) is -4.82. The van der Waals surface area contributed by atoms with Crippen molar-refractivity contribution in [2.75, 3.05) is 31.6 Å². The van der Waals surface area contributed by atoms with Crippen LogP contribution in [0.5, 0.6) is 0 Å². The van der Waals surface area contributed by atoms with E-state index in [0.29, 0.717) is 0 Å². The van der Waals surface area contributed by atoms with Gasteiger partial charge in [-0.25, -0.2) is 23.1 Å². The highest BCUT2D eigenvalue weighted by Gasteiger charge is 2.63. The molecule has 5 atom stereocenters. The monoisotopic (exact) mass is 485 g/mol. The summed E-state index contributed by atoms with van der Waals surface area (Å²) < 4.78 is 59.1. The summed E-state index contributed by atoms with van der Waals surface area (Å²) in [4.78, 5) is 27.0. The second-order valence-corrected chi connectivity index (χ2v) is 9.18. The van der Waals surface area contributed by atoms with E-state index in [1.54, 1.807) is 0 Å². The van der Waals surface area contributed by atoms with Crippen molar-refractivity contribution in [1.82, 2.24) is 9.55 Å². The minimum Gasteiger partial charge on any atom is -0.434 e. The van der Waals surface area contributed by atoms with Crippen LogP contribution in [0.3, 0.4) is 0 Å². The van der Waals surface area contributed by atoms with Crippen molar-refractivity contribution >= 4 is 31.4 Å². The highest BCUT2D eigenvalue weighted by molar-refractivity contribution is 7.48. The summed E-state index contributed by atoms with van der Waals surface area (Å²) in [7, 11) is -4.34. The molecule has 0 aliphatic carbocycles. The number of nitrogen functional groups attached to an aromatic ring is 1. The van der Waals surface area contributed by atoms with Gasteiger partial charge >= 0.3 is 19.7 Å². The fraction of sp³-hybridized carbons (Fsp3) is 0.688. The number of hydrogen-bond acceptors (Lipinski definition) is 11. The van der Waals surface area contributed by atoms with Gasteiger partial charge in [-0.05, 0) is 12.0 Å². The van der Waals surface area contributed by atoms with Crippen molar-refractivity contribution < 1.29 is 41.5 Å². The van der Waals surface area contributed by atoms with E-state index in [4.69, 9.17) is 40.4 Å². The van der Waals surface area contributed by atoms with E-state index in [1.165, 1.54) is 12.3 Å². The van der Waals surface area contributed by atoms with Crippen LogP contribution in [-0.2, 0) is 32.3 Å². The van der Waals surface area contributed by atoms with Gasteiger partial charge in [-0.15, -0.1) is 11.6 Å². The van der Waals surface area contributed by atoms with Crippen LogP contribution in [0.25, 0.3) is 0 Å². The number of carbonyl (C=O) groups excluding carboxylic acids is 1. The van der Waals surface area contributed by atoms with Gasteiger partial charge in [0.25, 0.3) is 0 Å². The molecule has 2 aliphatic heterocycles. The Balaban J connectivity index is 1.68. The van der Waals surface area contributed by atoms with Crippen molar-refractivity contribution in [3.63, 3.8) is 0 Å². The van der Waals surface area contributed by atoms with Crippen molar-refractivity contribution in [3.05, 3.63) is 22.7 Å². The molecular weight excluding hydrogens is 464 g/mol. The minimum atomic E-state index is -4.34. The molecule has 0 amide bonds. The third-order valence-electron chi connectivity index (χ3n) is 4.42. The molecule has 0 spiro atoms. The Hall–Kier alpha value is -1.76. The maximum absolute atomic E-state index is 15.2. The number of aromatic nitrogens is 2. The zero-order valence-corrected chi connectivity index (χ0v) is 18.3. The average molecular weight is 486 g/mol. The molecule has 174 valence electrons. The fourth-order valence-corrected chi connectivity index (χ4v) is 4.53. The summed E-state index contributed by atoms with van der Waals surface area (Å²) in [5.74, 6) is -0.270. The zero-order valence-electron chi connectivity index (χ0n) is 16.6. The number of halogens is 2. The van der Waals surface area contributed by atoms with Gasteiger partial charge in [-0.1, -0.05) is 13.8 Å². The number of ether oxygens (including phenoxy) is 3. The molecule has 15 heteroatoms. The van der Waals surface area contributed by atoms with Crippen LogP contribution in [0, 0.1) is 5.92 Å². The number of alkyl halides is 2. The predicted molar refractivity (Wildman–Crippen MR) is 103 cm³/mol. The highest BCUT2D eigenvalue weighted by atomic mass is 35.5. The van der Waals surface area contributed by atoms with Crippen LogP contribution in [0.2, 0.25) is 0 Å². The number of hydrogen-bond donors (Lipinski definition) is 1. The molecule has 2 saturated heterocycles. The zero-order chi connectivity index (χ0) is 22.8. The van der Waals surface area contributed by atoms with Crippen molar-refractivity contribution in [3.8, 4) is 0 Å². The molecule has 1 unspecified atom stereocenters.